The van der Waals surface area contributed by atoms with Gasteiger partial charge in [0.05, 0.1) is 29.5 Å². The summed E-state index contributed by atoms with van der Waals surface area (Å²) in [5.74, 6) is 2.23. The number of anilines is 1. The van der Waals surface area contributed by atoms with Crippen molar-refractivity contribution in [3.8, 4) is 11.3 Å². The molecule has 1 atom stereocenters. The third-order valence-electron chi connectivity index (χ3n) is 9.38. The molecule has 1 unspecified atom stereocenters. The van der Waals surface area contributed by atoms with Gasteiger partial charge in [-0.25, -0.2) is 15.0 Å². The summed E-state index contributed by atoms with van der Waals surface area (Å²) in [5.41, 5.74) is 15.4. The van der Waals surface area contributed by atoms with Crippen molar-refractivity contribution in [2.45, 2.75) is 64.6 Å². The minimum absolute atomic E-state index is 0.0775. The van der Waals surface area contributed by atoms with Gasteiger partial charge in [0.15, 0.2) is 0 Å². The van der Waals surface area contributed by atoms with Crippen molar-refractivity contribution in [1.82, 2.24) is 29.2 Å². The molecule has 47 heavy (non-hydrogen) atoms. The number of para-hydroxylation sites is 1. The average Bonchev–Trinajstić information content (AvgIpc) is 3.64. The number of hydrogen-bond donors (Lipinski definition) is 2. The SMILES string of the molecule is Cc1cccc2[nH]c(Cc3ccc(-c4nc(C(C)C)n5c(C6=CCC(N(C)CC(F)(F)F)CC6)cnc(N)c45)c4ccccc34)nc12. The molecule has 1 aliphatic rings. The first kappa shape index (κ1) is 30.9. The fourth-order valence-corrected chi connectivity index (χ4v) is 7.05. The van der Waals surface area contributed by atoms with Crippen LogP contribution in [0, 0.1) is 6.92 Å². The van der Waals surface area contributed by atoms with Gasteiger partial charge in [-0.1, -0.05) is 68.5 Å². The molecule has 0 saturated heterocycles. The molecule has 242 valence electrons. The lowest BCUT2D eigenvalue weighted by Crippen LogP contribution is -2.39. The minimum atomic E-state index is -4.22. The third kappa shape index (κ3) is 5.75. The maximum atomic E-state index is 13.1. The number of halogens is 3. The summed E-state index contributed by atoms with van der Waals surface area (Å²) < 4.78 is 41.3. The van der Waals surface area contributed by atoms with Gasteiger partial charge in [-0.05, 0) is 66.8 Å². The molecule has 3 heterocycles. The summed E-state index contributed by atoms with van der Waals surface area (Å²) in [6.45, 7) is 5.36. The topological polar surface area (TPSA) is 88.1 Å². The van der Waals surface area contributed by atoms with Crippen molar-refractivity contribution in [3.63, 3.8) is 0 Å². The van der Waals surface area contributed by atoms with Crippen LogP contribution in [0.1, 0.15) is 67.5 Å². The Kier molecular flexibility index (Phi) is 7.78. The molecule has 6 aromatic rings. The maximum Gasteiger partial charge on any atom is 0.401 e. The number of benzene rings is 3. The number of fused-ring (bicyclic) bond motifs is 3. The van der Waals surface area contributed by atoms with Gasteiger partial charge in [0, 0.05) is 23.9 Å². The van der Waals surface area contributed by atoms with Crippen molar-refractivity contribution in [2.24, 2.45) is 0 Å². The Morgan fingerprint density at radius 1 is 1.04 bits per heavy atom. The molecule has 7 rings (SSSR count). The lowest BCUT2D eigenvalue weighted by atomic mass is 9.92. The van der Waals surface area contributed by atoms with E-state index < -0.39 is 12.7 Å². The lowest BCUT2D eigenvalue weighted by Gasteiger charge is -2.31. The van der Waals surface area contributed by atoms with Crippen molar-refractivity contribution < 1.29 is 13.2 Å². The van der Waals surface area contributed by atoms with Crippen LogP contribution in [0.5, 0.6) is 0 Å². The highest BCUT2D eigenvalue weighted by Gasteiger charge is 2.33. The number of nitrogens with one attached hydrogen (secondary N) is 1. The van der Waals surface area contributed by atoms with E-state index in [-0.39, 0.29) is 12.0 Å². The number of aromatic amines is 1. The molecular weight excluding hydrogens is 599 g/mol. The van der Waals surface area contributed by atoms with Gasteiger partial charge in [-0.2, -0.15) is 13.2 Å². The highest BCUT2D eigenvalue weighted by Crippen LogP contribution is 2.39. The van der Waals surface area contributed by atoms with E-state index in [4.69, 9.17) is 15.7 Å². The summed E-state index contributed by atoms with van der Waals surface area (Å²) in [5, 5.41) is 2.17. The van der Waals surface area contributed by atoms with Crippen molar-refractivity contribution >= 4 is 38.7 Å². The van der Waals surface area contributed by atoms with Crippen LogP contribution in [0.25, 0.3) is 44.2 Å². The van der Waals surface area contributed by atoms with Gasteiger partial charge in [0.2, 0.25) is 0 Å². The van der Waals surface area contributed by atoms with E-state index in [2.05, 4.69) is 77.6 Å². The molecule has 0 saturated carbocycles. The number of imidazole rings is 2. The van der Waals surface area contributed by atoms with Gasteiger partial charge in [-0.3, -0.25) is 9.30 Å². The van der Waals surface area contributed by atoms with Gasteiger partial charge < -0.3 is 10.7 Å². The first-order valence-corrected chi connectivity index (χ1v) is 16.1. The van der Waals surface area contributed by atoms with E-state index in [1.807, 2.05) is 18.2 Å². The molecule has 0 bridgehead atoms. The Morgan fingerprint density at radius 2 is 1.83 bits per heavy atom. The van der Waals surface area contributed by atoms with Crippen LogP contribution in [0.15, 0.2) is 66.9 Å². The zero-order chi connectivity index (χ0) is 33.0. The largest absolute Gasteiger partial charge is 0.401 e. The predicted molar refractivity (Wildman–Crippen MR) is 182 cm³/mol. The standard InChI is InChI=1S/C37H38F3N7/c1-21(2)36-45-33(34-35(41)42-19-30(47(34)36)23-12-15-25(16-13-23)46(4)20-37(38,39)40)28-17-14-24(26-9-5-6-10-27(26)28)18-31-43-29-11-7-8-22(3)32(29)44-31/h5-12,14,17,19,21,25H,13,15-16,18,20H2,1-4H3,(H2,41,42)(H,43,44). The number of allylic oxidation sites excluding steroid dienone is 1. The molecule has 1 aliphatic carbocycles. The number of alkyl halides is 3. The molecule has 10 heteroatoms. The molecular formula is C37H38F3N7. The number of aryl methyl sites for hydroxylation is 1. The zero-order valence-corrected chi connectivity index (χ0v) is 27.0. The second kappa shape index (κ2) is 11.8. The van der Waals surface area contributed by atoms with Gasteiger partial charge >= 0.3 is 6.18 Å². The fraction of sp³-hybridized carbons (Fsp3) is 0.324. The predicted octanol–water partition coefficient (Wildman–Crippen LogP) is 8.46. The molecule has 0 amide bonds. The number of nitrogens with zero attached hydrogens (tertiary/aromatic N) is 5. The molecule has 0 fully saturated rings. The molecule has 3 N–H and O–H groups in total. The second-order valence-electron chi connectivity index (χ2n) is 13.0. The van der Waals surface area contributed by atoms with E-state index in [9.17, 15) is 13.2 Å². The number of rotatable bonds is 7. The fourth-order valence-electron chi connectivity index (χ4n) is 7.05. The van der Waals surface area contributed by atoms with E-state index in [0.29, 0.717) is 31.5 Å². The van der Waals surface area contributed by atoms with Crippen molar-refractivity contribution in [1.29, 1.82) is 0 Å². The van der Waals surface area contributed by atoms with Crippen LogP contribution >= 0.6 is 0 Å². The van der Waals surface area contributed by atoms with E-state index >= 15 is 0 Å². The summed E-state index contributed by atoms with van der Waals surface area (Å²) in [6.07, 6.45) is 2.06. The Balaban J connectivity index is 1.31. The highest BCUT2D eigenvalue weighted by molar-refractivity contribution is 6.02. The number of H-pyrrole nitrogens is 1. The zero-order valence-electron chi connectivity index (χ0n) is 27.0. The smallest absolute Gasteiger partial charge is 0.382 e. The van der Waals surface area contributed by atoms with Crippen LogP contribution in [-0.4, -0.2) is 55.0 Å². The van der Waals surface area contributed by atoms with Crippen molar-refractivity contribution in [3.05, 3.63) is 95.3 Å². The van der Waals surface area contributed by atoms with Crippen LogP contribution in [-0.2, 0) is 6.42 Å². The highest BCUT2D eigenvalue weighted by atomic mass is 19.4. The molecule has 0 aliphatic heterocycles. The minimum Gasteiger partial charge on any atom is -0.382 e. The molecule has 3 aromatic carbocycles. The Morgan fingerprint density at radius 3 is 2.53 bits per heavy atom. The third-order valence-corrected chi connectivity index (χ3v) is 9.38. The average molecular weight is 638 g/mol. The van der Waals surface area contributed by atoms with E-state index in [0.717, 1.165) is 72.6 Å². The van der Waals surface area contributed by atoms with Crippen LogP contribution in [0.4, 0.5) is 19.0 Å². The van der Waals surface area contributed by atoms with Gasteiger partial charge in [0.1, 0.15) is 28.7 Å². The van der Waals surface area contributed by atoms with E-state index in [1.54, 1.807) is 13.2 Å². The van der Waals surface area contributed by atoms with Crippen molar-refractivity contribution in [2.75, 3.05) is 19.3 Å². The summed E-state index contributed by atoms with van der Waals surface area (Å²) >= 11 is 0. The number of nitrogen functional groups attached to an aromatic ring is 1. The quantitative estimate of drug-likeness (QED) is 0.183. The Hall–Kier alpha value is -4.70. The number of hydrogen-bond acceptors (Lipinski definition) is 5. The van der Waals surface area contributed by atoms with Crippen LogP contribution in [0.3, 0.4) is 0 Å². The first-order valence-electron chi connectivity index (χ1n) is 16.1. The number of aromatic nitrogens is 5. The van der Waals surface area contributed by atoms with Gasteiger partial charge in [-0.15, -0.1) is 0 Å². The van der Waals surface area contributed by atoms with Crippen LogP contribution in [0.2, 0.25) is 0 Å². The Bertz CT molecular complexity index is 2160. The number of nitrogens with two attached hydrogens (primary N) is 1. The second-order valence-corrected chi connectivity index (χ2v) is 13.0. The maximum absolute atomic E-state index is 13.1. The lowest BCUT2D eigenvalue weighted by molar-refractivity contribution is -0.147. The summed E-state index contributed by atoms with van der Waals surface area (Å²) in [7, 11) is 1.55. The monoisotopic (exact) mass is 637 g/mol. The van der Waals surface area contributed by atoms with E-state index in [1.165, 1.54) is 4.90 Å². The summed E-state index contributed by atoms with van der Waals surface area (Å²) in [4.78, 5) is 19.7. The molecule has 7 nitrogen and oxygen atoms in total. The Labute approximate surface area is 271 Å². The van der Waals surface area contributed by atoms with Crippen LogP contribution < -0.4 is 5.73 Å². The summed E-state index contributed by atoms with van der Waals surface area (Å²) in [6, 6.07) is 18.6. The molecule has 0 spiro atoms. The van der Waals surface area contributed by atoms with Gasteiger partial charge in [0.25, 0.3) is 0 Å². The molecule has 0 radical (unpaired) electrons. The first-order chi connectivity index (χ1) is 22.5. The molecule has 3 aromatic heterocycles. The normalized spacial score (nSPS) is 15.9.